The van der Waals surface area contributed by atoms with Gasteiger partial charge < -0.3 is 14.6 Å². The molecule has 9 heteroatoms. The number of aliphatic hydroxyl groups is 1. The number of fused-ring (bicyclic) bond motifs is 1. The van der Waals surface area contributed by atoms with Gasteiger partial charge in [-0.1, -0.05) is 23.2 Å². The lowest BCUT2D eigenvalue weighted by Gasteiger charge is -2.20. The number of halogens is 5. The molecule has 1 aliphatic heterocycles. The van der Waals surface area contributed by atoms with Crippen LogP contribution in [-0.2, 0) is 6.18 Å². The lowest BCUT2D eigenvalue weighted by atomic mass is 9.97. The topological polar surface area (TPSA) is 51.6 Å². The third-order valence-corrected chi connectivity index (χ3v) is 3.95. The van der Waals surface area contributed by atoms with E-state index in [9.17, 15) is 18.3 Å². The summed E-state index contributed by atoms with van der Waals surface area (Å²) in [5, 5.41) is 10.1. The Labute approximate surface area is 138 Å². The minimum absolute atomic E-state index is 0.0230. The maximum Gasteiger partial charge on any atom is 0.416 e. The number of rotatable bonds is 2. The molecule has 4 nitrogen and oxygen atoms in total. The van der Waals surface area contributed by atoms with Crippen LogP contribution in [0.15, 0.2) is 24.4 Å². The van der Waals surface area contributed by atoms with Gasteiger partial charge in [0.05, 0.1) is 10.6 Å². The van der Waals surface area contributed by atoms with Crippen LogP contribution in [0.1, 0.15) is 22.8 Å². The van der Waals surface area contributed by atoms with Crippen molar-refractivity contribution in [3.8, 4) is 11.5 Å². The first kappa shape index (κ1) is 16.2. The van der Waals surface area contributed by atoms with Crippen molar-refractivity contribution < 1.29 is 27.8 Å². The molecule has 1 unspecified atom stereocenters. The van der Waals surface area contributed by atoms with E-state index >= 15 is 0 Å². The number of benzene rings is 1. The van der Waals surface area contributed by atoms with Crippen molar-refractivity contribution in [2.45, 2.75) is 12.3 Å². The van der Waals surface area contributed by atoms with E-state index in [4.69, 9.17) is 32.7 Å². The first-order valence-corrected chi connectivity index (χ1v) is 7.04. The van der Waals surface area contributed by atoms with E-state index in [2.05, 4.69) is 4.98 Å². The maximum absolute atomic E-state index is 13.2. The maximum atomic E-state index is 13.2. The first-order valence-electron chi connectivity index (χ1n) is 6.28. The zero-order chi connectivity index (χ0) is 16.8. The van der Waals surface area contributed by atoms with Crippen LogP contribution in [0.25, 0.3) is 0 Å². The molecule has 0 bridgehead atoms. The van der Waals surface area contributed by atoms with Crippen LogP contribution in [0.4, 0.5) is 13.2 Å². The van der Waals surface area contributed by atoms with E-state index in [0.717, 1.165) is 12.3 Å². The Kier molecular flexibility index (Phi) is 4.03. The highest BCUT2D eigenvalue weighted by atomic mass is 35.5. The smallest absolute Gasteiger partial charge is 0.416 e. The van der Waals surface area contributed by atoms with Gasteiger partial charge in [-0.2, -0.15) is 13.2 Å². The summed E-state index contributed by atoms with van der Waals surface area (Å²) in [5.74, 6) is 0.357. The molecule has 0 aliphatic carbocycles. The van der Waals surface area contributed by atoms with Gasteiger partial charge in [0.2, 0.25) is 6.79 Å². The summed E-state index contributed by atoms with van der Waals surface area (Å²) < 4.78 is 49.9. The van der Waals surface area contributed by atoms with Crippen molar-refractivity contribution in [2.24, 2.45) is 0 Å². The van der Waals surface area contributed by atoms with Gasteiger partial charge in [-0.25, -0.2) is 4.98 Å². The van der Waals surface area contributed by atoms with E-state index in [1.54, 1.807) is 0 Å². The summed E-state index contributed by atoms with van der Waals surface area (Å²) in [6.45, 7) is -0.123. The number of hydrogen-bond acceptors (Lipinski definition) is 4. The molecule has 0 radical (unpaired) electrons. The molecular formula is C14H8Cl2F3NO3. The average molecular weight is 366 g/mol. The second kappa shape index (κ2) is 5.74. The second-order valence-electron chi connectivity index (χ2n) is 4.66. The van der Waals surface area contributed by atoms with Crippen molar-refractivity contribution in [2.75, 3.05) is 6.79 Å². The molecule has 0 amide bonds. The monoisotopic (exact) mass is 365 g/mol. The Hall–Kier alpha value is -1.70. The molecule has 2 aromatic rings. The lowest BCUT2D eigenvalue weighted by molar-refractivity contribution is -0.139. The van der Waals surface area contributed by atoms with Gasteiger partial charge in [-0.15, -0.1) is 0 Å². The van der Waals surface area contributed by atoms with Gasteiger partial charge in [0, 0.05) is 17.3 Å². The Morgan fingerprint density at radius 3 is 2.57 bits per heavy atom. The van der Waals surface area contributed by atoms with Crippen LogP contribution >= 0.6 is 23.2 Å². The quantitative estimate of drug-likeness (QED) is 0.809. The van der Waals surface area contributed by atoms with E-state index in [1.807, 2.05) is 0 Å². The minimum Gasteiger partial charge on any atom is -0.454 e. The van der Waals surface area contributed by atoms with E-state index in [0.29, 0.717) is 0 Å². The van der Waals surface area contributed by atoms with Gasteiger partial charge in [0.25, 0.3) is 0 Å². The molecule has 1 atom stereocenters. The zero-order valence-electron chi connectivity index (χ0n) is 11.2. The van der Waals surface area contributed by atoms with Crippen molar-refractivity contribution >= 4 is 23.2 Å². The van der Waals surface area contributed by atoms with Gasteiger partial charge in [0.1, 0.15) is 11.3 Å². The predicted octanol–water partition coefficient (Wildman–Crippen LogP) is 4.22. The lowest BCUT2D eigenvalue weighted by Crippen LogP contribution is -2.14. The van der Waals surface area contributed by atoms with Crippen LogP contribution in [0.5, 0.6) is 11.5 Å². The summed E-state index contributed by atoms with van der Waals surface area (Å²) >= 11 is 11.8. The highest BCUT2D eigenvalue weighted by molar-refractivity contribution is 6.32. The fourth-order valence-corrected chi connectivity index (χ4v) is 2.84. The van der Waals surface area contributed by atoms with Crippen LogP contribution in [0.3, 0.4) is 0 Å². The molecule has 1 N–H and O–H groups in total. The van der Waals surface area contributed by atoms with Crippen molar-refractivity contribution in [1.29, 1.82) is 0 Å². The van der Waals surface area contributed by atoms with Crippen LogP contribution < -0.4 is 9.47 Å². The molecule has 23 heavy (non-hydrogen) atoms. The predicted molar refractivity (Wildman–Crippen MR) is 75.9 cm³/mol. The average Bonchev–Trinajstić information content (AvgIpc) is 2.93. The first-order chi connectivity index (χ1) is 10.8. The number of pyridine rings is 1. The van der Waals surface area contributed by atoms with Gasteiger partial charge in [0.15, 0.2) is 11.5 Å². The summed E-state index contributed by atoms with van der Waals surface area (Å²) in [4.78, 5) is 3.61. The number of nitrogens with zero attached hydrogens (tertiary/aromatic N) is 1. The number of aliphatic hydroxyl groups excluding tert-OH is 1. The Morgan fingerprint density at radius 2 is 1.87 bits per heavy atom. The highest BCUT2D eigenvalue weighted by Gasteiger charge is 2.38. The molecule has 0 saturated heterocycles. The Morgan fingerprint density at radius 1 is 1.13 bits per heavy atom. The fraction of sp³-hybridized carbons (Fsp3) is 0.214. The number of aromatic nitrogens is 1. The van der Waals surface area contributed by atoms with E-state index in [1.165, 1.54) is 12.1 Å². The molecule has 0 fully saturated rings. The molecule has 1 aromatic carbocycles. The summed E-state index contributed by atoms with van der Waals surface area (Å²) in [7, 11) is 0. The third kappa shape index (κ3) is 2.80. The number of hydrogen-bond donors (Lipinski definition) is 1. The van der Waals surface area contributed by atoms with Crippen LogP contribution in [-0.4, -0.2) is 16.9 Å². The molecule has 0 saturated carbocycles. The molecule has 1 aromatic heterocycles. The highest BCUT2D eigenvalue weighted by Crippen LogP contribution is 2.47. The summed E-state index contributed by atoms with van der Waals surface area (Å²) in [6.07, 6.45) is -5.58. The number of ether oxygens (including phenoxy) is 2. The van der Waals surface area contributed by atoms with Gasteiger partial charge in [-0.05, 0) is 18.2 Å². The van der Waals surface area contributed by atoms with E-state index in [-0.39, 0.29) is 28.9 Å². The molecular weight excluding hydrogens is 358 g/mol. The molecule has 0 spiro atoms. The van der Waals surface area contributed by atoms with Crippen molar-refractivity contribution in [3.05, 3.63) is 51.3 Å². The summed E-state index contributed by atoms with van der Waals surface area (Å²) in [5.41, 5.74) is -1.74. The van der Waals surface area contributed by atoms with E-state index < -0.39 is 28.6 Å². The normalized spacial score (nSPS) is 14.9. The van der Waals surface area contributed by atoms with Crippen LogP contribution in [0, 0.1) is 0 Å². The minimum atomic E-state index is -4.72. The zero-order valence-corrected chi connectivity index (χ0v) is 12.7. The molecule has 3 rings (SSSR count). The Bertz CT molecular complexity index is 768. The van der Waals surface area contributed by atoms with Crippen molar-refractivity contribution in [1.82, 2.24) is 4.98 Å². The third-order valence-electron chi connectivity index (χ3n) is 3.32. The second-order valence-corrected chi connectivity index (χ2v) is 5.42. The van der Waals surface area contributed by atoms with Crippen LogP contribution in [0.2, 0.25) is 10.2 Å². The largest absolute Gasteiger partial charge is 0.454 e. The standard InChI is InChI=1S/C14H8Cl2F3NO3/c15-7-1-2-8-12(23-5-22-8)10(7)11(21)9-6(14(17,18)19)3-4-20-13(9)16/h1-4,11,21H,5H2. The van der Waals surface area contributed by atoms with Gasteiger partial charge >= 0.3 is 6.18 Å². The molecule has 2 heterocycles. The van der Waals surface area contributed by atoms with Crippen molar-refractivity contribution in [3.63, 3.8) is 0 Å². The SMILES string of the molecule is OC(c1c(C(F)(F)F)ccnc1Cl)c1c(Cl)ccc2c1OCO2. The fourth-order valence-electron chi connectivity index (χ4n) is 2.32. The Balaban J connectivity index is 2.20. The summed E-state index contributed by atoms with van der Waals surface area (Å²) in [6, 6.07) is 3.63. The molecule has 1 aliphatic rings. The molecule has 122 valence electrons. The number of alkyl halides is 3. The van der Waals surface area contributed by atoms with Gasteiger partial charge in [-0.3, -0.25) is 0 Å².